The summed E-state index contributed by atoms with van der Waals surface area (Å²) >= 11 is 0. The number of hydrogen-bond acceptors (Lipinski definition) is 4. The molecule has 0 bridgehead atoms. The number of imidazole rings is 1. The number of aromatic nitrogens is 3. The molecule has 0 saturated carbocycles. The van der Waals surface area contributed by atoms with E-state index in [0.717, 1.165) is 83.1 Å². The normalized spacial score (nSPS) is 12.7. The van der Waals surface area contributed by atoms with Crippen molar-refractivity contribution in [2.75, 3.05) is 0 Å². The summed E-state index contributed by atoms with van der Waals surface area (Å²) < 4.78 is 8.93. The Bertz CT molecular complexity index is 2610. The van der Waals surface area contributed by atoms with E-state index in [2.05, 4.69) is 127 Å². The van der Waals surface area contributed by atoms with Crippen molar-refractivity contribution < 1.29 is 9.52 Å². The monoisotopic (exact) mass is 657 g/mol. The maximum atomic E-state index is 11.2. The summed E-state index contributed by atoms with van der Waals surface area (Å²) in [5.74, 6) is 0.984. The van der Waals surface area contributed by atoms with Crippen molar-refractivity contribution in [2.24, 2.45) is 0 Å². The minimum Gasteiger partial charge on any atom is -0.507 e. The average Bonchev–Trinajstić information content (AvgIpc) is 3.66. The molecule has 0 aliphatic carbocycles. The number of furan rings is 1. The van der Waals surface area contributed by atoms with Gasteiger partial charge in [-0.1, -0.05) is 84.0 Å². The van der Waals surface area contributed by atoms with Gasteiger partial charge in [-0.15, -0.1) is 0 Å². The summed E-state index contributed by atoms with van der Waals surface area (Å²) in [4.78, 5) is 10.3. The Morgan fingerprint density at radius 2 is 1.42 bits per heavy atom. The molecule has 0 aliphatic heterocycles. The second-order valence-corrected chi connectivity index (χ2v) is 15.9. The fourth-order valence-corrected chi connectivity index (χ4v) is 7.26. The molecule has 0 amide bonds. The Balaban J connectivity index is 1.45. The van der Waals surface area contributed by atoms with Crippen LogP contribution in [0.25, 0.3) is 77.5 Å². The average molecular weight is 658 g/mol. The molecule has 8 rings (SSSR count). The van der Waals surface area contributed by atoms with Crippen LogP contribution in [0, 0.1) is 0 Å². The van der Waals surface area contributed by atoms with E-state index in [9.17, 15) is 5.11 Å². The predicted molar refractivity (Wildman–Crippen MR) is 208 cm³/mol. The lowest BCUT2D eigenvalue weighted by Crippen LogP contribution is -2.11. The van der Waals surface area contributed by atoms with E-state index >= 15 is 0 Å². The molecule has 8 aromatic rings. The van der Waals surface area contributed by atoms with Crippen LogP contribution in [0.5, 0.6) is 5.75 Å². The fraction of sp³-hybridized carbons (Fsp3) is 0.244. The molecule has 5 heteroatoms. The zero-order chi connectivity index (χ0) is 35.1. The van der Waals surface area contributed by atoms with Gasteiger partial charge in [-0.25, -0.2) is 4.98 Å². The van der Waals surface area contributed by atoms with E-state index in [1.807, 2.05) is 30.5 Å². The molecule has 250 valence electrons. The molecule has 1 N–H and O–H groups in total. The van der Waals surface area contributed by atoms with Crippen molar-refractivity contribution in [1.29, 1.82) is 0 Å². The van der Waals surface area contributed by atoms with Crippen LogP contribution in [0.1, 0.15) is 72.6 Å². The molecule has 0 aliphatic rings. The van der Waals surface area contributed by atoms with E-state index < -0.39 is 0 Å². The number of aromatic hydroxyl groups is 1. The molecule has 0 unspecified atom stereocenters. The number of phenols is 1. The lowest BCUT2D eigenvalue weighted by atomic mass is 9.83. The molecule has 50 heavy (non-hydrogen) atoms. The third-order valence-corrected chi connectivity index (χ3v) is 9.99. The third kappa shape index (κ3) is 5.15. The Morgan fingerprint density at radius 3 is 2.18 bits per heavy atom. The maximum Gasteiger partial charge on any atom is 0.145 e. The van der Waals surface area contributed by atoms with Crippen LogP contribution in [0.3, 0.4) is 0 Å². The van der Waals surface area contributed by atoms with Crippen LogP contribution in [0.4, 0.5) is 0 Å². The number of pyridine rings is 1. The number of hydrogen-bond donors (Lipinski definition) is 1. The predicted octanol–water partition coefficient (Wildman–Crippen LogP) is 12.4. The van der Waals surface area contributed by atoms with Gasteiger partial charge in [-0.3, -0.25) is 4.98 Å². The quantitative estimate of drug-likeness (QED) is 0.205. The van der Waals surface area contributed by atoms with Crippen molar-refractivity contribution in [3.05, 3.63) is 114 Å². The zero-order valence-corrected chi connectivity index (χ0v) is 30.1. The van der Waals surface area contributed by atoms with Crippen LogP contribution >= 0.6 is 0 Å². The van der Waals surface area contributed by atoms with Gasteiger partial charge in [0.1, 0.15) is 22.7 Å². The highest BCUT2D eigenvalue weighted by atomic mass is 16.3. The van der Waals surface area contributed by atoms with Crippen LogP contribution in [-0.2, 0) is 10.8 Å². The van der Waals surface area contributed by atoms with Gasteiger partial charge in [0.15, 0.2) is 0 Å². The fourth-order valence-electron chi connectivity index (χ4n) is 7.26. The van der Waals surface area contributed by atoms with Crippen molar-refractivity contribution in [3.8, 4) is 39.4 Å². The molecule has 3 aromatic heterocycles. The van der Waals surface area contributed by atoms with Gasteiger partial charge < -0.3 is 14.1 Å². The molecule has 3 heterocycles. The van der Waals surface area contributed by atoms with Crippen LogP contribution < -0.4 is 0 Å². The number of benzene rings is 5. The molecule has 5 aromatic carbocycles. The second kappa shape index (κ2) is 11.3. The van der Waals surface area contributed by atoms with Gasteiger partial charge in [0, 0.05) is 45.1 Å². The van der Waals surface area contributed by atoms with Gasteiger partial charge in [0.25, 0.3) is 0 Å². The number of para-hydroxylation sites is 2. The zero-order valence-electron chi connectivity index (χ0n) is 30.1. The van der Waals surface area contributed by atoms with Crippen molar-refractivity contribution in [2.45, 2.75) is 72.3 Å². The summed E-state index contributed by atoms with van der Waals surface area (Å²) in [6.07, 6.45) is 1.87. The summed E-state index contributed by atoms with van der Waals surface area (Å²) in [5, 5.41) is 14.4. The van der Waals surface area contributed by atoms with E-state index in [1.165, 1.54) is 5.56 Å². The highest BCUT2D eigenvalue weighted by Crippen LogP contribution is 2.45. The summed E-state index contributed by atoms with van der Waals surface area (Å²) in [5.41, 5.74) is 11.6. The maximum absolute atomic E-state index is 11.2. The minimum absolute atomic E-state index is 0.0646. The molecule has 0 fully saturated rings. The highest BCUT2D eigenvalue weighted by molar-refractivity contribution is 6.14. The lowest BCUT2D eigenvalue weighted by Gasteiger charge is -2.21. The smallest absolute Gasteiger partial charge is 0.145 e. The minimum atomic E-state index is -0.0786. The Morgan fingerprint density at radius 1 is 0.660 bits per heavy atom. The molecule has 0 saturated heterocycles. The van der Waals surface area contributed by atoms with E-state index in [0.29, 0.717) is 0 Å². The molecule has 0 spiro atoms. The highest BCUT2D eigenvalue weighted by Gasteiger charge is 2.25. The molecular formula is C45H43N3O2. The SMILES string of the molecule is CC(C)n1c(-c2cc(C(C)(C)C)ccc2O)nc2c(-c3cc(-c4cc(C(C)(C)C)cc5cccnc45)c4oc5ccccc5c4c3)cccc21. The van der Waals surface area contributed by atoms with Crippen LogP contribution in [-0.4, -0.2) is 19.6 Å². The van der Waals surface area contributed by atoms with Crippen molar-refractivity contribution in [1.82, 2.24) is 14.5 Å². The van der Waals surface area contributed by atoms with Crippen molar-refractivity contribution in [3.63, 3.8) is 0 Å². The van der Waals surface area contributed by atoms with E-state index in [-0.39, 0.29) is 22.6 Å². The number of phenolic OH excluding ortho intramolecular Hbond substituents is 1. The largest absolute Gasteiger partial charge is 0.507 e. The summed E-state index contributed by atoms with van der Waals surface area (Å²) in [7, 11) is 0. The number of nitrogens with zero attached hydrogens (tertiary/aromatic N) is 3. The second-order valence-electron chi connectivity index (χ2n) is 15.9. The van der Waals surface area contributed by atoms with E-state index in [1.54, 1.807) is 6.07 Å². The first-order valence-corrected chi connectivity index (χ1v) is 17.5. The topological polar surface area (TPSA) is 64.1 Å². The summed E-state index contributed by atoms with van der Waals surface area (Å²) in [6.45, 7) is 17.7. The Kier molecular flexibility index (Phi) is 7.20. The molecule has 0 atom stereocenters. The Hall–Kier alpha value is -5.42. The molecule has 5 nitrogen and oxygen atoms in total. The van der Waals surface area contributed by atoms with Crippen molar-refractivity contribution >= 4 is 43.9 Å². The Labute approximate surface area is 293 Å². The van der Waals surface area contributed by atoms with Gasteiger partial charge in [0.05, 0.1) is 22.1 Å². The molecule has 0 radical (unpaired) electrons. The first-order chi connectivity index (χ1) is 23.8. The van der Waals surface area contributed by atoms with Crippen LogP contribution in [0.15, 0.2) is 108 Å². The summed E-state index contributed by atoms with van der Waals surface area (Å²) in [6, 6.07) is 33.9. The van der Waals surface area contributed by atoms with Gasteiger partial charge >= 0.3 is 0 Å². The lowest BCUT2D eigenvalue weighted by molar-refractivity contribution is 0.474. The van der Waals surface area contributed by atoms with Crippen LogP contribution in [0.2, 0.25) is 0 Å². The third-order valence-electron chi connectivity index (χ3n) is 9.99. The standard InChI is InChI=1S/C45H43N3O2/c1-26(2)48-37-16-11-15-31(41(37)47-43(48)36-24-29(44(3,4)5)18-19-38(36)49)28-22-34-32-14-9-10-17-39(32)50-42(34)35(23-28)33-25-30(45(6,7)8)21-27-13-12-20-46-40(27)33/h9-26,49H,1-8H3. The van der Waals surface area contributed by atoms with E-state index in [4.69, 9.17) is 14.4 Å². The van der Waals surface area contributed by atoms with Gasteiger partial charge in [-0.2, -0.15) is 0 Å². The van der Waals surface area contributed by atoms with Gasteiger partial charge in [0.2, 0.25) is 0 Å². The first-order valence-electron chi connectivity index (χ1n) is 17.5. The first kappa shape index (κ1) is 31.8. The molecular weight excluding hydrogens is 615 g/mol. The van der Waals surface area contributed by atoms with Gasteiger partial charge in [-0.05, 0) is 96.0 Å². The number of fused-ring (bicyclic) bond motifs is 5. The number of rotatable bonds is 4.